The number of aromatic nitrogens is 2. The van der Waals surface area contributed by atoms with Gasteiger partial charge in [-0.15, -0.1) is 5.10 Å². The summed E-state index contributed by atoms with van der Waals surface area (Å²) in [7, 11) is 0. The number of rotatable bonds is 5. The Morgan fingerprint density at radius 1 is 1.50 bits per heavy atom. The van der Waals surface area contributed by atoms with E-state index in [2.05, 4.69) is 29.4 Å². The third-order valence-electron chi connectivity index (χ3n) is 2.95. The van der Waals surface area contributed by atoms with E-state index in [1.807, 2.05) is 4.90 Å². The summed E-state index contributed by atoms with van der Waals surface area (Å²) in [4.78, 5) is 1.95. The number of nitrogens with one attached hydrogen (secondary N) is 1. The van der Waals surface area contributed by atoms with E-state index in [1.54, 1.807) is 0 Å². The molecule has 2 N–H and O–H groups in total. The molecule has 0 saturated carbocycles. The summed E-state index contributed by atoms with van der Waals surface area (Å²) in [6.07, 6.45) is 1.53. The van der Waals surface area contributed by atoms with Crippen molar-refractivity contribution in [2.24, 2.45) is 5.92 Å². The van der Waals surface area contributed by atoms with Gasteiger partial charge in [0.25, 0.3) is 0 Å². The lowest BCUT2D eigenvalue weighted by Gasteiger charge is -2.28. The highest BCUT2D eigenvalue weighted by Gasteiger charge is 2.22. The summed E-state index contributed by atoms with van der Waals surface area (Å²) in [5.41, 5.74) is 0. The standard InChI is InChI=1S/C12H22N4O2/c1-9(2)6-13-7-11-14-15-12(18-11)16-5-3-4-10(17)8-16/h9-10,13,17H,3-8H2,1-2H3. The van der Waals surface area contributed by atoms with Crippen molar-refractivity contribution in [2.45, 2.75) is 39.3 Å². The van der Waals surface area contributed by atoms with Crippen LogP contribution in [0, 0.1) is 5.92 Å². The summed E-state index contributed by atoms with van der Waals surface area (Å²) in [5.74, 6) is 1.20. The number of aliphatic hydroxyl groups is 1. The average molecular weight is 254 g/mol. The smallest absolute Gasteiger partial charge is 0.318 e. The van der Waals surface area contributed by atoms with Gasteiger partial charge < -0.3 is 19.7 Å². The Morgan fingerprint density at radius 3 is 3.06 bits per heavy atom. The van der Waals surface area contributed by atoms with Gasteiger partial charge in [0, 0.05) is 13.1 Å². The maximum atomic E-state index is 9.61. The van der Waals surface area contributed by atoms with E-state index < -0.39 is 0 Å². The van der Waals surface area contributed by atoms with Crippen LogP contribution in [0.5, 0.6) is 0 Å². The lowest BCUT2D eigenvalue weighted by atomic mass is 10.1. The summed E-state index contributed by atoms with van der Waals surface area (Å²) in [5, 5.41) is 20.9. The van der Waals surface area contributed by atoms with E-state index >= 15 is 0 Å². The zero-order valence-corrected chi connectivity index (χ0v) is 11.1. The van der Waals surface area contributed by atoms with E-state index in [0.717, 1.165) is 25.9 Å². The van der Waals surface area contributed by atoms with Crippen LogP contribution in [0.3, 0.4) is 0 Å². The Balaban J connectivity index is 1.85. The summed E-state index contributed by atoms with van der Waals surface area (Å²) < 4.78 is 5.58. The lowest BCUT2D eigenvalue weighted by molar-refractivity contribution is 0.151. The second-order valence-electron chi connectivity index (χ2n) is 5.25. The number of hydrogen-bond donors (Lipinski definition) is 2. The van der Waals surface area contributed by atoms with Gasteiger partial charge in [0.1, 0.15) is 0 Å². The molecule has 18 heavy (non-hydrogen) atoms. The maximum Gasteiger partial charge on any atom is 0.318 e. The molecule has 1 aromatic rings. The molecule has 0 radical (unpaired) electrons. The SMILES string of the molecule is CC(C)CNCc1nnc(N2CCCC(O)C2)o1. The van der Waals surface area contributed by atoms with Crippen LogP contribution in [0.2, 0.25) is 0 Å². The second-order valence-corrected chi connectivity index (χ2v) is 5.25. The molecule has 0 aromatic carbocycles. The van der Waals surface area contributed by atoms with Crippen LogP contribution in [0.1, 0.15) is 32.6 Å². The average Bonchev–Trinajstić information content (AvgIpc) is 2.77. The first kappa shape index (κ1) is 13.3. The first-order valence-corrected chi connectivity index (χ1v) is 6.61. The van der Waals surface area contributed by atoms with E-state index in [1.165, 1.54) is 0 Å². The Labute approximate surface area is 107 Å². The minimum absolute atomic E-state index is 0.284. The predicted molar refractivity (Wildman–Crippen MR) is 68.3 cm³/mol. The van der Waals surface area contributed by atoms with Gasteiger partial charge >= 0.3 is 6.01 Å². The van der Waals surface area contributed by atoms with Gasteiger partial charge in [0.15, 0.2) is 0 Å². The van der Waals surface area contributed by atoms with E-state index in [4.69, 9.17) is 4.42 Å². The third kappa shape index (κ3) is 3.68. The number of β-amino-alcohol motifs (C(OH)–C–C–N with tert-alkyl or cyclic N) is 1. The molecule has 102 valence electrons. The quantitative estimate of drug-likeness (QED) is 0.808. The first-order valence-electron chi connectivity index (χ1n) is 6.61. The summed E-state index contributed by atoms with van der Waals surface area (Å²) >= 11 is 0. The van der Waals surface area contributed by atoms with Gasteiger partial charge in [-0.05, 0) is 25.3 Å². The first-order chi connectivity index (χ1) is 8.65. The van der Waals surface area contributed by atoms with Crippen LogP contribution in [0.4, 0.5) is 6.01 Å². The van der Waals surface area contributed by atoms with Gasteiger partial charge in [-0.2, -0.15) is 0 Å². The normalized spacial score (nSPS) is 20.7. The molecule has 0 spiro atoms. The third-order valence-corrected chi connectivity index (χ3v) is 2.95. The van der Waals surface area contributed by atoms with Gasteiger partial charge in [-0.3, -0.25) is 0 Å². The van der Waals surface area contributed by atoms with Crippen molar-refractivity contribution in [2.75, 3.05) is 24.5 Å². The van der Waals surface area contributed by atoms with Crippen LogP contribution in [-0.2, 0) is 6.54 Å². The van der Waals surface area contributed by atoms with Crippen LogP contribution in [-0.4, -0.2) is 41.0 Å². The van der Waals surface area contributed by atoms with Crippen molar-refractivity contribution in [3.8, 4) is 0 Å². The number of aliphatic hydroxyl groups excluding tert-OH is 1. The Bertz CT molecular complexity index is 367. The Morgan fingerprint density at radius 2 is 2.33 bits per heavy atom. The molecule has 1 unspecified atom stereocenters. The fourth-order valence-corrected chi connectivity index (χ4v) is 2.04. The predicted octanol–water partition coefficient (Wildman–Crippen LogP) is 0.776. The number of nitrogens with zero attached hydrogens (tertiary/aromatic N) is 3. The molecule has 0 amide bonds. The summed E-state index contributed by atoms with van der Waals surface area (Å²) in [6.45, 7) is 7.30. The Kier molecular flexibility index (Phi) is 4.54. The molecule has 2 rings (SSSR count). The lowest BCUT2D eigenvalue weighted by Crippen LogP contribution is -2.38. The molecule has 2 heterocycles. The van der Waals surface area contributed by atoms with Crippen molar-refractivity contribution in [3.63, 3.8) is 0 Å². The molecular weight excluding hydrogens is 232 g/mol. The van der Waals surface area contributed by atoms with E-state index in [9.17, 15) is 5.11 Å². The van der Waals surface area contributed by atoms with Crippen LogP contribution >= 0.6 is 0 Å². The Hall–Kier alpha value is -1.14. The van der Waals surface area contributed by atoms with Gasteiger partial charge in [0.05, 0.1) is 12.6 Å². The van der Waals surface area contributed by atoms with Crippen molar-refractivity contribution >= 4 is 6.01 Å². The zero-order valence-electron chi connectivity index (χ0n) is 11.1. The molecule has 1 aromatic heterocycles. The number of anilines is 1. The van der Waals surface area contributed by atoms with Crippen molar-refractivity contribution in [1.29, 1.82) is 0 Å². The molecule has 1 saturated heterocycles. The summed E-state index contributed by atoms with van der Waals surface area (Å²) in [6, 6.07) is 0.523. The molecule has 1 aliphatic rings. The minimum Gasteiger partial charge on any atom is -0.407 e. The molecule has 0 bridgehead atoms. The van der Waals surface area contributed by atoms with Gasteiger partial charge in [-0.1, -0.05) is 18.9 Å². The second kappa shape index (κ2) is 6.15. The molecular formula is C12H22N4O2. The van der Waals surface area contributed by atoms with Crippen LogP contribution < -0.4 is 10.2 Å². The fraction of sp³-hybridized carbons (Fsp3) is 0.833. The molecule has 0 aliphatic carbocycles. The highest BCUT2D eigenvalue weighted by Crippen LogP contribution is 2.18. The van der Waals surface area contributed by atoms with Crippen LogP contribution in [0.25, 0.3) is 0 Å². The molecule has 6 heteroatoms. The van der Waals surface area contributed by atoms with Crippen LogP contribution in [0.15, 0.2) is 4.42 Å². The largest absolute Gasteiger partial charge is 0.407 e. The topological polar surface area (TPSA) is 74.4 Å². The monoisotopic (exact) mass is 254 g/mol. The fourth-order valence-electron chi connectivity index (χ4n) is 2.04. The van der Waals surface area contributed by atoms with Gasteiger partial charge in [0.2, 0.25) is 5.89 Å². The van der Waals surface area contributed by atoms with E-state index in [-0.39, 0.29) is 6.10 Å². The van der Waals surface area contributed by atoms with E-state index in [0.29, 0.717) is 30.9 Å². The molecule has 6 nitrogen and oxygen atoms in total. The highest BCUT2D eigenvalue weighted by atomic mass is 16.4. The van der Waals surface area contributed by atoms with Gasteiger partial charge in [-0.25, -0.2) is 0 Å². The minimum atomic E-state index is -0.284. The zero-order chi connectivity index (χ0) is 13.0. The maximum absolute atomic E-state index is 9.61. The highest BCUT2D eigenvalue weighted by molar-refractivity contribution is 5.25. The van der Waals surface area contributed by atoms with Crippen molar-refractivity contribution < 1.29 is 9.52 Å². The van der Waals surface area contributed by atoms with Crippen molar-refractivity contribution in [3.05, 3.63) is 5.89 Å². The molecule has 1 atom stereocenters. The number of hydrogen-bond acceptors (Lipinski definition) is 6. The number of piperidine rings is 1. The molecule has 1 fully saturated rings. The van der Waals surface area contributed by atoms with Crippen molar-refractivity contribution in [1.82, 2.24) is 15.5 Å². The molecule has 1 aliphatic heterocycles.